The first-order valence-corrected chi connectivity index (χ1v) is 36.1. The number of aliphatic hydroxyl groups is 2. The van der Waals surface area contributed by atoms with Crippen LogP contribution < -0.4 is 97.8 Å². The largest absolute Gasteiger partial charge is 0.481 e. The van der Waals surface area contributed by atoms with E-state index in [1.807, 2.05) is 5.32 Å². The summed E-state index contributed by atoms with van der Waals surface area (Å²) < 4.78 is 0. The summed E-state index contributed by atoms with van der Waals surface area (Å²) in [6, 6.07) is -20.9. The first kappa shape index (κ1) is 96.8. The molecule has 13 amide bonds. The number of nitrogens with one attached hydrogen (secondary N) is 13. The summed E-state index contributed by atoms with van der Waals surface area (Å²) in [5.41, 5.74) is 27.8. The highest BCUT2D eigenvalue weighted by molar-refractivity contribution is 7.98. The lowest BCUT2D eigenvalue weighted by Gasteiger charge is -2.27. The summed E-state index contributed by atoms with van der Waals surface area (Å²) in [5.74, 6) is -21.6. The van der Waals surface area contributed by atoms with Crippen molar-refractivity contribution in [2.45, 2.75) is 209 Å². The van der Waals surface area contributed by atoms with Gasteiger partial charge in [0.05, 0.1) is 38.6 Å². The van der Waals surface area contributed by atoms with Gasteiger partial charge in [-0.3, -0.25) is 81.7 Å². The van der Waals surface area contributed by atoms with Crippen molar-refractivity contribution in [1.82, 2.24) is 69.1 Å². The molecule has 0 fully saturated rings. The minimum absolute atomic E-state index is 0.0964. The number of thiol groups is 1. The van der Waals surface area contributed by atoms with Crippen molar-refractivity contribution >= 4 is 131 Å². The molecule has 0 aromatic rings. The molecule has 602 valence electrons. The van der Waals surface area contributed by atoms with Crippen LogP contribution in [0.1, 0.15) is 131 Å². The maximum Gasteiger partial charge on any atom is 0.326 e. The Kier molecular flexibility index (Phi) is 48.1. The number of aliphatic hydroxyl groups excluding tert-OH is 2. The molecule has 0 rings (SSSR count). The van der Waals surface area contributed by atoms with E-state index in [-0.39, 0.29) is 75.2 Å². The van der Waals surface area contributed by atoms with E-state index in [4.69, 9.17) is 28.7 Å². The number of hydrogen-bond donors (Lipinski definition) is 25. The van der Waals surface area contributed by atoms with Crippen LogP contribution in [0.5, 0.6) is 0 Å². The van der Waals surface area contributed by atoms with Crippen LogP contribution in [0, 0.1) is 11.8 Å². The number of aliphatic imine (C=N–C) groups is 1. The first-order valence-electron chi connectivity index (χ1n) is 34.1. The molecule has 42 nitrogen and oxygen atoms in total. The van der Waals surface area contributed by atoms with E-state index in [0.29, 0.717) is 32.2 Å². The molecule has 0 saturated carbocycles. The molecule has 0 bridgehead atoms. The normalized spacial score (nSPS) is 14.7. The Bertz CT molecular complexity index is 2990. The summed E-state index contributed by atoms with van der Waals surface area (Å²) in [6.45, 7) is 5.49. The van der Waals surface area contributed by atoms with Crippen LogP contribution in [0.4, 0.5) is 0 Å². The number of rotatable bonds is 56. The molecular formula is C62H109N19O23S2. The zero-order valence-corrected chi connectivity index (χ0v) is 61.9. The Morgan fingerprint density at radius 1 is 0.415 bits per heavy atom. The number of carbonyl (C=O) groups excluding carboxylic acids is 13. The average Bonchev–Trinajstić information content (AvgIpc) is 0.877. The molecule has 0 saturated heterocycles. The molecule has 0 aromatic carbocycles. The van der Waals surface area contributed by atoms with Gasteiger partial charge in [-0.05, 0) is 114 Å². The molecule has 0 aliphatic heterocycles. The second-order valence-corrected chi connectivity index (χ2v) is 26.7. The number of hydrogen-bond acceptors (Lipinski definition) is 25. The third-order valence-corrected chi connectivity index (χ3v) is 16.3. The molecular weight excluding hydrogens is 1440 g/mol. The van der Waals surface area contributed by atoms with E-state index < -0.39 is 237 Å². The van der Waals surface area contributed by atoms with E-state index in [0.717, 1.165) is 0 Å². The number of unbranched alkanes of at least 4 members (excludes halogenated alkanes) is 2. The Hall–Kier alpha value is -9.24. The number of nitrogens with two attached hydrogens (primary N) is 5. The standard InChI is InChI=1S/C62H109N19O23S2/c1-30(2)22-38(75-50(92)33(65)12-7-9-18-63)54(96)70-32(5)49(91)79-42(27-82)59(101)76-39(23-31(3)4)55(97)81-44(29-105)60(102)73-35(15-16-46(85)86)51(93)69-26-45(84)71-36(17-21-106-6)53(95)80-43(28-83)58(100)72-34(14-11-20-68-62(66)67)52(94)77-41(25-48(89)90)57(99)78-40(24-47(87)88)56(98)74-37(61(103)104)13-8-10-19-64/h30-44,82-83,105H,7-29,63-65H2,1-6H3,(H,69,93)(H,70,96)(H,71,84)(H,72,100)(H,73,102)(H,74,98)(H,75,92)(H,76,101)(H,77,94)(H,78,99)(H,79,91)(H,80,95)(H,81,97)(H,85,86)(H,87,88)(H,89,90)(H,103,104)(H4,66,67,68)/t32-,33-,34-,35-,36-,37-,38-,39-,40-,41-,42-,43-,44-/m0/s1. The van der Waals surface area contributed by atoms with Gasteiger partial charge in [0.15, 0.2) is 5.96 Å². The topological polar surface area (TPSA) is 710 Å². The lowest BCUT2D eigenvalue weighted by atomic mass is 10.0. The summed E-state index contributed by atoms with van der Waals surface area (Å²) in [4.78, 5) is 228. The second kappa shape index (κ2) is 52.7. The third kappa shape index (κ3) is 40.3. The van der Waals surface area contributed by atoms with Gasteiger partial charge in [-0.1, -0.05) is 34.1 Å². The van der Waals surface area contributed by atoms with Crippen LogP contribution in [0.25, 0.3) is 0 Å². The number of guanidine groups is 1. The van der Waals surface area contributed by atoms with Crippen LogP contribution in [0.2, 0.25) is 0 Å². The molecule has 0 aliphatic rings. The predicted octanol–water partition coefficient (Wildman–Crippen LogP) is -8.76. The van der Waals surface area contributed by atoms with Crippen LogP contribution >= 0.6 is 24.4 Å². The predicted molar refractivity (Wildman–Crippen MR) is 384 cm³/mol. The van der Waals surface area contributed by atoms with E-state index >= 15 is 0 Å². The van der Waals surface area contributed by atoms with Crippen LogP contribution in [0.15, 0.2) is 4.99 Å². The highest BCUT2D eigenvalue weighted by atomic mass is 32.2. The maximum atomic E-state index is 13.9. The Morgan fingerprint density at radius 2 is 0.792 bits per heavy atom. The van der Waals surface area contributed by atoms with Gasteiger partial charge in [-0.25, -0.2) is 4.79 Å². The number of nitrogens with zero attached hydrogens (tertiary/aromatic N) is 1. The van der Waals surface area contributed by atoms with Crippen molar-refractivity contribution < 1.29 is 112 Å². The van der Waals surface area contributed by atoms with E-state index in [1.165, 1.54) is 18.7 Å². The van der Waals surface area contributed by atoms with E-state index in [1.54, 1.807) is 34.0 Å². The molecule has 0 aliphatic carbocycles. The molecule has 0 heterocycles. The van der Waals surface area contributed by atoms with Gasteiger partial charge < -0.3 is 128 Å². The smallest absolute Gasteiger partial charge is 0.326 e. The van der Waals surface area contributed by atoms with Gasteiger partial charge in [0.1, 0.15) is 72.5 Å². The van der Waals surface area contributed by atoms with Crippen molar-refractivity contribution in [3.8, 4) is 0 Å². The van der Waals surface area contributed by atoms with Gasteiger partial charge >= 0.3 is 23.9 Å². The number of aliphatic carboxylic acids is 4. The van der Waals surface area contributed by atoms with Crippen LogP contribution in [-0.2, 0) is 81.5 Å². The minimum Gasteiger partial charge on any atom is -0.481 e. The van der Waals surface area contributed by atoms with Gasteiger partial charge in [-0.15, -0.1) is 0 Å². The highest BCUT2D eigenvalue weighted by Crippen LogP contribution is 2.12. The summed E-state index contributed by atoms with van der Waals surface area (Å²) in [7, 11) is 0. The van der Waals surface area contributed by atoms with Gasteiger partial charge in [0, 0.05) is 18.7 Å². The molecule has 0 aromatic heterocycles. The van der Waals surface area contributed by atoms with Crippen molar-refractivity contribution in [2.75, 3.05) is 57.2 Å². The van der Waals surface area contributed by atoms with E-state index in [2.05, 4.69) is 81.4 Å². The minimum atomic E-state index is -2.12. The fourth-order valence-electron chi connectivity index (χ4n) is 9.63. The Morgan fingerprint density at radius 3 is 1.24 bits per heavy atom. The first-order chi connectivity index (χ1) is 49.8. The van der Waals surface area contributed by atoms with Gasteiger partial charge in [0.2, 0.25) is 76.8 Å². The zero-order chi connectivity index (χ0) is 80.9. The van der Waals surface area contributed by atoms with Crippen molar-refractivity contribution in [3.63, 3.8) is 0 Å². The average molecular weight is 1550 g/mol. The fraction of sp³-hybridized carbons (Fsp3) is 0.710. The highest BCUT2D eigenvalue weighted by Gasteiger charge is 2.37. The van der Waals surface area contributed by atoms with Crippen molar-refractivity contribution in [2.24, 2.45) is 45.5 Å². The lowest BCUT2D eigenvalue weighted by Crippen LogP contribution is -2.61. The van der Waals surface area contributed by atoms with Gasteiger partial charge in [0.25, 0.3) is 0 Å². The number of amides is 13. The molecule has 0 radical (unpaired) electrons. The Labute approximate surface area is 622 Å². The fourth-order valence-corrected chi connectivity index (χ4v) is 10.4. The van der Waals surface area contributed by atoms with E-state index in [9.17, 15) is 112 Å². The molecule has 0 unspecified atom stereocenters. The van der Waals surface area contributed by atoms with Crippen molar-refractivity contribution in [1.29, 1.82) is 0 Å². The summed E-state index contributed by atoms with van der Waals surface area (Å²) in [6.07, 6.45) is -0.760. The number of thioether (sulfide) groups is 1. The molecule has 0 spiro atoms. The monoisotopic (exact) mass is 1550 g/mol. The number of carboxylic acids is 4. The quantitative estimate of drug-likeness (QED) is 0.0116. The van der Waals surface area contributed by atoms with Crippen LogP contribution in [0.3, 0.4) is 0 Å². The van der Waals surface area contributed by atoms with Crippen molar-refractivity contribution in [3.05, 3.63) is 0 Å². The SMILES string of the molecule is CSCC[C@H](NC(=O)CNC(=O)[C@H](CCC(=O)O)NC(=O)[C@H](CS)NC(=O)[C@H](CC(C)C)NC(=O)[C@H](CO)NC(=O)[C@H](C)NC(=O)[C@H](CC(C)C)NC(=O)[C@@H](N)CCCCN)C(=O)N[C@@H](CO)C(=O)N[C@@H](CCCN=C(N)N)C(=O)N[C@@H](CC(=O)O)C(=O)N[C@@H](CC(=O)O)C(=O)N[C@@H](CCCCN)C(=O)O. The molecule has 29 N–H and O–H groups in total. The molecule has 44 heteroatoms. The lowest BCUT2D eigenvalue weighted by molar-refractivity contribution is -0.145. The van der Waals surface area contributed by atoms with Crippen LogP contribution in [-0.4, -0.2) is 273 Å². The summed E-state index contributed by atoms with van der Waals surface area (Å²) >= 11 is 5.36. The molecule has 106 heavy (non-hydrogen) atoms. The maximum absolute atomic E-state index is 13.9. The van der Waals surface area contributed by atoms with Gasteiger partial charge in [-0.2, -0.15) is 24.4 Å². The summed E-state index contributed by atoms with van der Waals surface area (Å²) in [5, 5.41) is 88.9. The molecule has 13 atom stereocenters. The number of carbonyl (C=O) groups is 17. The number of carboxylic acid groups (broad SMARTS) is 4. The Balaban J connectivity index is 6.50. The zero-order valence-electron chi connectivity index (χ0n) is 60.2. The third-order valence-electron chi connectivity index (χ3n) is 15.3. The second-order valence-electron chi connectivity index (χ2n) is 25.4.